The number of hydrogen-bond acceptors (Lipinski definition) is 4. The van der Waals surface area contributed by atoms with Gasteiger partial charge < -0.3 is 10.0 Å². The Hall–Kier alpha value is -1.66. The number of aliphatic hydroxyl groups excluding tert-OH is 1. The second-order valence-electron chi connectivity index (χ2n) is 5.25. The number of nitrogens with zero attached hydrogens (tertiary/aromatic N) is 2. The molecule has 1 aliphatic rings. The number of hydrogen-bond donors (Lipinski definition) is 1. The highest BCUT2D eigenvalue weighted by molar-refractivity contribution is 6.31. The highest BCUT2D eigenvalue weighted by atomic mass is 35.5. The van der Waals surface area contributed by atoms with Gasteiger partial charge in [-0.1, -0.05) is 24.4 Å². The van der Waals surface area contributed by atoms with Crippen molar-refractivity contribution in [2.24, 2.45) is 0 Å². The lowest BCUT2D eigenvalue weighted by Crippen LogP contribution is -2.46. The van der Waals surface area contributed by atoms with Gasteiger partial charge in [0.2, 0.25) is 0 Å². The Morgan fingerprint density at radius 3 is 2.71 bits per heavy atom. The summed E-state index contributed by atoms with van der Waals surface area (Å²) in [5.74, 6) is -0.468. The summed E-state index contributed by atoms with van der Waals surface area (Å²) in [6, 6.07) is 3.67. The molecule has 21 heavy (non-hydrogen) atoms. The van der Waals surface area contributed by atoms with Crippen molar-refractivity contribution >= 4 is 23.2 Å². The van der Waals surface area contributed by atoms with Gasteiger partial charge in [0, 0.05) is 18.1 Å². The zero-order valence-corrected chi connectivity index (χ0v) is 12.4. The fraction of sp³-hybridized carbons (Fsp3) is 0.500. The van der Waals surface area contributed by atoms with Crippen LogP contribution in [0.4, 0.5) is 5.69 Å². The van der Waals surface area contributed by atoms with E-state index in [0.29, 0.717) is 12.8 Å². The fourth-order valence-corrected chi connectivity index (χ4v) is 2.89. The molecule has 114 valence electrons. The van der Waals surface area contributed by atoms with Crippen LogP contribution in [0.25, 0.3) is 0 Å². The molecule has 1 amide bonds. The van der Waals surface area contributed by atoms with Gasteiger partial charge >= 0.3 is 0 Å². The van der Waals surface area contributed by atoms with Crippen molar-refractivity contribution in [1.29, 1.82) is 0 Å². The number of carbonyl (C=O) groups excluding carboxylic acids is 1. The van der Waals surface area contributed by atoms with Crippen molar-refractivity contribution in [3.8, 4) is 0 Å². The Morgan fingerprint density at radius 2 is 2.10 bits per heavy atom. The van der Waals surface area contributed by atoms with Gasteiger partial charge in [-0.3, -0.25) is 14.9 Å². The van der Waals surface area contributed by atoms with Crippen molar-refractivity contribution in [3.05, 3.63) is 38.9 Å². The highest BCUT2D eigenvalue weighted by Crippen LogP contribution is 2.28. The first-order valence-corrected chi connectivity index (χ1v) is 7.18. The SMILES string of the molecule is CN(C(=O)c1ccc(Cl)cc1[N+](=O)[O-])C1CCCCC1O. The predicted molar refractivity (Wildman–Crippen MR) is 78.5 cm³/mol. The largest absolute Gasteiger partial charge is 0.391 e. The summed E-state index contributed by atoms with van der Waals surface area (Å²) < 4.78 is 0. The fourth-order valence-electron chi connectivity index (χ4n) is 2.72. The van der Waals surface area contributed by atoms with E-state index in [0.717, 1.165) is 12.8 Å². The summed E-state index contributed by atoms with van der Waals surface area (Å²) in [5, 5.41) is 21.3. The minimum Gasteiger partial charge on any atom is -0.391 e. The molecule has 0 heterocycles. The van der Waals surface area contributed by atoms with Crippen LogP contribution in [0.1, 0.15) is 36.0 Å². The minimum absolute atomic E-state index is 0.00956. The Kier molecular flexibility index (Phi) is 4.80. The molecule has 1 aliphatic carbocycles. The average molecular weight is 313 g/mol. The van der Waals surface area contributed by atoms with E-state index in [2.05, 4.69) is 0 Å². The lowest BCUT2D eigenvalue weighted by molar-refractivity contribution is -0.385. The molecule has 0 spiro atoms. The molecule has 1 aromatic rings. The second kappa shape index (κ2) is 6.41. The first-order valence-electron chi connectivity index (χ1n) is 6.81. The minimum atomic E-state index is -0.621. The standard InChI is InChI=1S/C14H17ClN2O4/c1-16(11-4-2-3-5-13(11)18)14(19)10-7-6-9(15)8-12(10)17(20)21/h6-8,11,13,18H,2-5H2,1H3. The molecule has 0 aliphatic heterocycles. The third kappa shape index (κ3) is 3.33. The zero-order chi connectivity index (χ0) is 15.6. The summed E-state index contributed by atoms with van der Waals surface area (Å²) in [4.78, 5) is 24.3. The van der Waals surface area contributed by atoms with Crippen LogP contribution < -0.4 is 0 Å². The Morgan fingerprint density at radius 1 is 1.43 bits per heavy atom. The summed E-state index contributed by atoms with van der Waals surface area (Å²) in [5.41, 5.74) is -0.325. The van der Waals surface area contributed by atoms with Crippen LogP contribution in [0.2, 0.25) is 5.02 Å². The van der Waals surface area contributed by atoms with Crippen LogP contribution in [0.15, 0.2) is 18.2 Å². The number of carbonyl (C=O) groups is 1. The van der Waals surface area contributed by atoms with E-state index < -0.39 is 16.9 Å². The van der Waals surface area contributed by atoms with E-state index in [9.17, 15) is 20.0 Å². The molecule has 2 unspecified atom stereocenters. The Balaban J connectivity index is 2.29. The maximum atomic E-state index is 12.5. The quantitative estimate of drug-likeness (QED) is 0.687. The summed E-state index contributed by atoms with van der Waals surface area (Å²) in [7, 11) is 1.57. The molecular formula is C14H17ClN2O4. The molecule has 2 atom stereocenters. The van der Waals surface area contributed by atoms with E-state index >= 15 is 0 Å². The molecule has 0 saturated heterocycles. The van der Waals surface area contributed by atoms with Gasteiger partial charge in [-0.05, 0) is 25.0 Å². The van der Waals surface area contributed by atoms with Crippen molar-refractivity contribution in [3.63, 3.8) is 0 Å². The number of aliphatic hydroxyl groups is 1. The molecule has 0 radical (unpaired) electrons. The Labute approximate surface area is 127 Å². The Bertz CT molecular complexity index is 564. The maximum Gasteiger partial charge on any atom is 0.283 e. The van der Waals surface area contributed by atoms with Crippen LogP contribution in [-0.4, -0.2) is 40.0 Å². The normalized spacial score (nSPS) is 21.9. The first kappa shape index (κ1) is 15.7. The van der Waals surface area contributed by atoms with Gasteiger partial charge in [0.1, 0.15) is 5.56 Å². The third-order valence-electron chi connectivity index (χ3n) is 3.90. The number of nitro groups is 1. The highest BCUT2D eigenvalue weighted by Gasteiger charge is 2.32. The monoisotopic (exact) mass is 312 g/mol. The zero-order valence-electron chi connectivity index (χ0n) is 11.7. The van der Waals surface area contributed by atoms with E-state index in [4.69, 9.17) is 11.6 Å². The number of nitro benzene ring substituents is 1. The molecule has 7 heteroatoms. The molecule has 0 bridgehead atoms. The summed E-state index contributed by atoms with van der Waals surface area (Å²) >= 11 is 5.75. The van der Waals surface area contributed by atoms with Gasteiger partial charge in [-0.2, -0.15) is 0 Å². The molecule has 1 N–H and O–H groups in total. The molecule has 1 fully saturated rings. The smallest absolute Gasteiger partial charge is 0.283 e. The number of likely N-dealkylation sites (N-methyl/N-ethyl adjacent to an activating group) is 1. The van der Waals surface area contributed by atoms with Crippen LogP contribution >= 0.6 is 11.6 Å². The van der Waals surface area contributed by atoms with Crippen molar-refractivity contribution in [2.45, 2.75) is 37.8 Å². The van der Waals surface area contributed by atoms with E-state index in [-0.39, 0.29) is 22.3 Å². The molecule has 6 nitrogen and oxygen atoms in total. The van der Waals surface area contributed by atoms with Gasteiger partial charge in [0.05, 0.1) is 17.1 Å². The van der Waals surface area contributed by atoms with Gasteiger partial charge in [-0.15, -0.1) is 0 Å². The van der Waals surface area contributed by atoms with Crippen molar-refractivity contribution < 1.29 is 14.8 Å². The van der Waals surface area contributed by atoms with Crippen LogP contribution in [0, 0.1) is 10.1 Å². The van der Waals surface area contributed by atoms with Gasteiger partial charge in [0.25, 0.3) is 11.6 Å². The molecule has 1 saturated carbocycles. The van der Waals surface area contributed by atoms with Crippen LogP contribution in [0.3, 0.4) is 0 Å². The van der Waals surface area contributed by atoms with Gasteiger partial charge in [0.15, 0.2) is 0 Å². The van der Waals surface area contributed by atoms with E-state index in [1.807, 2.05) is 0 Å². The predicted octanol–water partition coefficient (Wildman–Crippen LogP) is 2.62. The second-order valence-corrected chi connectivity index (χ2v) is 5.69. The third-order valence-corrected chi connectivity index (χ3v) is 4.13. The lowest BCUT2D eigenvalue weighted by atomic mass is 9.91. The maximum absolute atomic E-state index is 12.5. The van der Waals surface area contributed by atoms with Crippen LogP contribution in [-0.2, 0) is 0 Å². The van der Waals surface area contributed by atoms with Crippen LogP contribution in [0.5, 0.6) is 0 Å². The summed E-state index contributed by atoms with van der Waals surface area (Å²) in [6.07, 6.45) is 2.62. The number of rotatable bonds is 3. The van der Waals surface area contributed by atoms with Gasteiger partial charge in [-0.25, -0.2) is 0 Å². The molecule has 2 rings (SSSR count). The lowest BCUT2D eigenvalue weighted by Gasteiger charge is -2.35. The van der Waals surface area contributed by atoms with Crippen molar-refractivity contribution in [2.75, 3.05) is 7.05 Å². The topological polar surface area (TPSA) is 83.7 Å². The molecular weight excluding hydrogens is 296 g/mol. The van der Waals surface area contributed by atoms with Crippen molar-refractivity contribution in [1.82, 2.24) is 4.90 Å². The number of amides is 1. The number of halogens is 1. The van der Waals surface area contributed by atoms with E-state index in [1.165, 1.54) is 23.1 Å². The average Bonchev–Trinajstić information content (AvgIpc) is 2.46. The molecule has 1 aromatic carbocycles. The van der Waals surface area contributed by atoms with E-state index in [1.54, 1.807) is 7.05 Å². The summed E-state index contributed by atoms with van der Waals surface area (Å²) in [6.45, 7) is 0. The number of benzene rings is 1. The first-order chi connectivity index (χ1) is 9.91. The molecule has 0 aromatic heterocycles.